The second kappa shape index (κ2) is 12.3. The number of nitrogens with one attached hydrogen (secondary N) is 2. The summed E-state index contributed by atoms with van der Waals surface area (Å²) in [6.07, 6.45) is 1.24. The molecule has 0 atom stereocenters. The highest BCUT2D eigenvalue weighted by molar-refractivity contribution is 7.19. The number of halogens is 4. The first kappa shape index (κ1) is 29.6. The van der Waals surface area contributed by atoms with E-state index < -0.39 is 23.6 Å². The number of alkyl halides is 3. The second-order valence-corrected chi connectivity index (χ2v) is 10.7. The molecule has 228 valence electrons. The fraction of sp³-hybridized carbons (Fsp3) is 0.133. The lowest BCUT2D eigenvalue weighted by atomic mass is 10.1. The average molecular weight is 636 g/mol. The molecule has 4 heterocycles. The second-order valence-electron chi connectivity index (χ2n) is 9.72. The molecule has 2 N–H and O–H groups in total. The van der Waals surface area contributed by atoms with Crippen molar-refractivity contribution in [1.82, 2.24) is 19.9 Å². The third kappa shape index (κ3) is 6.72. The van der Waals surface area contributed by atoms with E-state index in [9.17, 15) is 27.2 Å². The van der Waals surface area contributed by atoms with Crippen LogP contribution < -0.4 is 20.3 Å². The highest BCUT2D eigenvalue weighted by Crippen LogP contribution is 2.36. The third-order valence-corrected chi connectivity index (χ3v) is 7.68. The zero-order valence-corrected chi connectivity index (χ0v) is 23.8. The van der Waals surface area contributed by atoms with E-state index in [-0.39, 0.29) is 34.7 Å². The molecule has 0 bridgehead atoms. The molecule has 1 aliphatic heterocycles. The number of aromatic nitrogens is 4. The first-order valence-electron chi connectivity index (χ1n) is 13.4. The first-order valence-corrected chi connectivity index (χ1v) is 14.2. The Kier molecular flexibility index (Phi) is 8.08. The lowest BCUT2D eigenvalue weighted by Gasteiger charge is -2.14. The van der Waals surface area contributed by atoms with Gasteiger partial charge < -0.3 is 15.4 Å². The van der Waals surface area contributed by atoms with Gasteiger partial charge in [0.2, 0.25) is 5.91 Å². The molecule has 0 aliphatic carbocycles. The lowest BCUT2D eigenvalue weighted by Crippen LogP contribution is -2.23. The topological polar surface area (TPSA) is 122 Å². The standard InChI is InChI=1S/C30H21F4N7O3S/c31-21-11-18(24-16-38-29(45-24)41-10-4-7-25(41)42)8-9-23(21)44-28-36-14-20(15-37-28)39-27(43)40-22-12-19(30(32,33)34)13-35-26(22)17-5-2-1-3-6-17/h1-3,5-6,8-9,11-16H,4,7,10H2,(H2,39,40,43). The average Bonchev–Trinajstić information content (AvgIpc) is 3.68. The van der Waals surface area contributed by atoms with Crippen molar-refractivity contribution in [3.8, 4) is 33.5 Å². The van der Waals surface area contributed by atoms with Gasteiger partial charge in [0.15, 0.2) is 16.7 Å². The zero-order valence-electron chi connectivity index (χ0n) is 23.0. The maximum Gasteiger partial charge on any atom is 0.417 e. The van der Waals surface area contributed by atoms with Crippen molar-refractivity contribution in [1.29, 1.82) is 0 Å². The van der Waals surface area contributed by atoms with E-state index in [1.54, 1.807) is 47.5 Å². The van der Waals surface area contributed by atoms with Gasteiger partial charge in [-0.25, -0.2) is 24.1 Å². The number of hydrogen-bond donors (Lipinski definition) is 2. The molecular formula is C30H21F4N7O3S. The van der Waals surface area contributed by atoms with Crippen molar-refractivity contribution in [2.24, 2.45) is 0 Å². The number of ether oxygens (including phenoxy) is 1. The van der Waals surface area contributed by atoms with Crippen LogP contribution in [0.3, 0.4) is 0 Å². The van der Waals surface area contributed by atoms with Crippen LogP contribution in [-0.4, -0.2) is 38.4 Å². The summed E-state index contributed by atoms with van der Waals surface area (Å²) in [5.74, 6) is -0.825. The summed E-state index contributed by atoms with van der Waals surface area (Å²) >= 11 is 1.28. The first-order chi connectivity index (χ1) is 21.6. The van der Waals surface area contributed by atoms with Crippen LogP contribution in [0.5, 0.6) is 11.8 Å². The van der Waals surface area contributed by atoms with Crippen LogP contribution in [0.2, 0.25) is 0 Å². The number of benzene rings is 2. The molecule has 3 aromatic heterocycles. The van der Waals surface area contributed by atoms with Crippen molar-refractivity contribution in [3.63, 3.8) is 0 Å². The minimum absolute atomic E-state index is 0.0119. The minimum atomic E-state index is -4.67. The van der Waals surface area contributed by atoms with Crippen LogP contribution in [0.25, 0.3) is 21.7 Å². The summed E-state index contributed by atoms with van der Waals surface area (Å²) in [6, 6.07) is 12.4. The van der Waals surface area contributed by atoms with E-state index in [2.05, 4.69) is 30.6 Å². The van der Waals surface area contributed by atoms with Gasteiger partial charge in [0.05, 0.1) is 39.9 Å². The molecule has 3 amide bonds. The van der Waals surface area contributed by atoms with Gasteiger partial charge >= 0.3 is 18.2 Å². The number of rotatable bonds is 7. The number of carbonyl (C=O) groups excluding carboxylic acids is 2. The Hall–Kier alpha value is -5.44. The van der Waals surface area contributed by atoms with Crippen molar-refractivity contribution < 1.29 is 31.9 Å². The Morgan fingerprint density at radius 1 is 0.911 bits per heavy atom. The number of anilines is 3. The van der Waals surface area contributed by atoms with E-state index in [1.165, 1.54) is 35.9 Å². The van der Waals surface area contributed by atoms with Crippen LogP contribution in [0.15, 0.2) is 79.4 Å². The molecule has 0 saturated carbocycles. The van der Waals surface area contributed by atoms with Gasteiger partial charge in [-0.15, -0.1) is 0 Å². The molecule has 1 fully saturated rings. The molecule has 0 radical (unpaired) electrons. The fourth-order valence-corrected chi connectivity index (χ4v) is 5.42. The Morgan fingerprint density at radius 3 is 2.38 bits per heavy atom. The Balaban J connectivity index is 1.11. The molecule has 45 heavy (non-hydrogen) atoms. The number of nitrogens with zero attached hydrogens (tertiary/aromatic N) is 5. The number of pyridine rings is 1. The van der Waals surface area contributed by atoms with Crippen molar-refractivity contribution >= 4 is 39.8 Å². The Bertz CT molecular complexity index is 1870. The molecule has 1 saturated heterocycles. The summed E-state index contributed by atoms with van der Waals surface area (Å²) in [7, 11) is 0. The molecule has 6 rings (SSSR count). The normalized spacial score (nSPS) is 13.2. The predicted molar refractivity (Wildman–Crippen MR) is 159 cm³/mol. The summed E-state index contributed by atoms with van der Waals surface area (Å²) in [6.45, 7) is 0.606. The SMILES string of the molecule is O=C(Nc1cnc(Oc2ccc(-c3cnc(N4CCCC4=O)s3)cc2F)nc1)Nc1cc(C(F)(F)F)cnc1-c1ccccc1. The minimum Gasteiger partial charge on any atom is -0.421 e. The van der Waals surface area contributed by atoms with Gasteiger partial charge in [-0.2, -0.15) is 13.2 Å². The Morgan fingerprint density at radius 2 is 1.69 bits per heavy atom. The van der Waals surface area contributed by atoms with Gasteiger partial charge in [-0.05, 0) is 36.2 Å². The summed E-state index contributed by atoms with van der Waals surface area (Å²) in [5.41, 5.74) is 0.0964. The number of carbonyl (C=O) groups is 2. The smallest absolute Gasteiger partial charge is 0.417 e. The highest BCUT2D eigenvalue weighted by atomic mass is 32.1. The van der Waals surface area contributed by atoms with E-state index >= 15 is 0 Å². The Labute approximate surface area is 256 Å². The molecular weight excluding hydrogens is 614 g/mol. The van der Waals surface area contributed by atoms with E-state index in [0.29, 0.717) is 40.3 Å². The van der Waals surface area contributed by atoms with E-state index in [4.69, 9.17) is 4.74 Å². The predicted octanol–water partition coefficient (Wildman–Crippen LogP) is 7.38. The van der Waals surface area contributed by atoms with Crippen LogP contribution in [0.4, 0.5) is 38.9 Å². The van der Waals surface area contributed by atoms with Crippen LogP contribution in [0.1, 0.15) is 18.4 Å². The van der Waals surface area contributed by atoms with Gasteiger partial charge in [0.25, 0.3) is 0 Å². The third-order valence-electron chi connectivity index (χ3n) is 6.61. The summed E-state index contributed by atoms with van der Waals surface area (Å²) in [5, 5.41) is 5.40. The number of hydrogen-bond acceptors (Lipinski definition) is 8. The van der Waals surface area contributed by atoms with Crippen molar-refractivity contribution in [2.75, 3.05) is 22.1 Å². The summed E-state index contributed by atoms with van der Waals surface area (Å²) in [4.78, 5) is 43.1. The number of amides is 3. The zero-order chi connectivity index (χ0) is 31.6. The quantitative estimate of drug-likeness (QED) is 0.179. The van der Waals surface area contributed by atoms with Crippen molar-refractivity contribution in [3.05, 3.63) is 90.8 Å². The molecule has 0 spiro atoms. The van der Waals surface area contributed by atoms with Crippen LogP contribution in [-0.2, 0) is 11.0 Å². The number of thiazole rings is 1. The molecule has 2 aromatic carbocycles. The lowest BCUT2D eigenvalue weighted by molar-refractivity contribution is -0.137. The largest absolute Gasteiger partial charge is 0.421 e. The number of urea groups is 1. The molecule has 15 heteroatoms. The van der Waals surface area contributed by atoms with E-state index in [1.807, 2.05) is 0 Å². The van der Waals surface area contributed by atoms with Crippen LogP contribution >= 0.6 is 11.3 Å². The van der Waals surface area contributed by atoms with Gasteiger partial charge in [-0.3, -0.25) is 14.7 Å². The van der Waals surface area contributed by atoms with Gasteiger partial charge in [-0.1, -0.05) is 41.7 Å². The highest BCUT2D eigenvalue weighted by Gasteiger charge is 2.32. The molecule has 1 aliphatic rings. The van der Waals surface area contributed by atoms with E-state index in [0.717, 1.165) is 12.5 Å². The van der Waals surface area contributed by atoms with Gasteiger partial charge in [0, 0.05) is 30.9 Å². The fourth-order valence-electron chi connectivity index (χ4n) is 4.47. The molecule has 10 nitrogen and oxygen atoms in total. The molecule has 0 unspecified atom stereocenters. The molecule has 5 aromatic rings. The monoisotopic (exact) mass is 635 g/mol. The van der Waals surface area contributed by atoms with Gasteiger partial charge in [0.1, 0.15) is 0 Å². The summed E-state index contributed by atoms with van der Waals surface area (Å²) < 4.78 is 60.4. The maximum absolute atomic E-state index is 14.9. The maximum atomic E-state index is 14.9. The van der Waals surface area contributed by atoms with Crippen molar-refractivity contribution in [2.45, 2.75) is 19.0 Å². The van der Waals surface area contributed by atoms with Crippen LogP contribution in [0, 0.1) is 5.82 Å².